The van der Waals surface area contributed by atoms with Gasteiger partial charge in [0.1, 0.15) is 0 Å². The molecule has 2 rings (SSSR count). The first-order chi connectivity index (χ1) is 7.75. The quantitative estimate of drug-likeness (QED) is 0.676. The summed E-state index contributed by atoms with van der Waals surface area (Å²) < 4.78 is 0. The van der Waals surface area contributed by atoms with Gasteiger partial charge in [0.2, 0.25) is 0 Å². The predicted molar refractivity (Wildman–Crippen MR) is 63.5 cm³/mol. The van der Waals surface area contributed by atoms with E-state index in [1.165, 1.54) is 12.8 Å². The Morgan fingerprint density at radius 3 is 3.00 bits per heavy atom. The third-order valence-electron chi connectivity index (χ3n) is 3.39. The molecule has 2 aliphatic rings. The van der Waals surface area contributed by atoms with Crippen LogP contribution < -0.4 is 10.6 Å². The lowest BCUT2D eigenvalue weighted by Crippen LogP contribution is -2.40. The summed E-state index contributed by atoms with van der Waals surface area (Å²) in [6, 6.07) is 0.741. The maximum atomic E-state index is 11.3. The summed E-state index contributed by atoms with van der Waals surface area (Å²) >= 11 is 0. The van der Waals surface area contributed by atoms with E-state index in [0.29, 0.717) is 6.04 Å². The fourth-order valence-electron chi connectivity index (χ4n) is 2.40. The van der Waals surface area contributed by atoms with Crippen molar-refractivity contribution in [3.05, 3.63) is 0 Å². The van der Waals surface area contributed by atoms with Gasteiger partial charge in [-0.15, -0.1) is 0 Å². The zero-order chi connectivity index (χ0) is 11.4. The minimum atomic E-state index is 0.0902. The van der Waals surface area contributed by atoms with Gasteiger partial charge in [0.25, 0.3) is 0 Å². The lowest BCUT2D eigenvalue weighted by atomic mass is 10.2. The van der Waals surface area contributed by atoms with E-state index in [1.807, 2.05) is 4.90 Å². The molecule has 16 heavy (non-hydrogen) atoms. The van der Waals surface area contributed by atoms with Gasteiger partial charge in [-0.25, -0.2) is 4.79 Å². The molecule has 2 amide bonds. The Kier molecular flexibility index (Phi) is 4.01. The van der Waals surface area contributed by atoms with Gasteiger partial charge in [-0.3, -0.25) is 0 Å². The Balaban J connectivity index is 1.63. The number of hydrogen-bond acceptors (Lipinski definition) is 3. The maximum absolute atomic E-state index is 11.3. The molecule has 92 valence electrons. The molecule has 2 N–H and O–H groups in total. The molecule has 0 aliphatic carbocycles. The summed E-state index contributed by atoms with van der Waals surface area (Å²) in [6.45, 7) is 5.71. The highest BCUT2D eigenvalue weighted by molar-refractivity contribution is 5.76. The molecule has 1 unspecified atom stereocenters. The van der Waals surface area contributed by atoms with Gasteiger partial charge in [-0.1, -0.05) is 0 Å². The highest BCUT2D eigenvalue weighted by Crippen LogP contribution is 2.06. The van der Waals surface area contributed by atoms with Crippen LogP contribution in [0.5, 0.6) is 0 Å². The van der Waals surface area contributed by atoms with Crippen LogP contribution in [0.4, 0.5) is 4.79 Å². The molecule has 0 aromatic heterocycles. The highest BCUT2D eigenvalue weighted by atomic mass is 16.2. The van der Waals surface area contributed by atoms with Gasteiger partial charge < -0.3 is 20.4 Å². The number of urea groups is 1. The molecule has 0 spiro atoms. The summed E-state index contributed by atoms with van der Waals surface area (Å²) in [5, 5.41) is 6.31. The SMILES string of the molecule is CN(CCN1CCNC1=O)CC1CCCN1. The molecule has 2 aliphatic heterocycles. The largest absolute Gasteiger partial charge is 0.336 e. The minimum Gasteiger partial charge on any atom is -0.336 e. The highest BCUT2D eigenvalue weighted by Gasteiger charge is 2.20. The van der Waals surface area contributed by atoms with Crippen LogP contribution >= 0.6 is 0 Å². The Morgan fingerprint density at radius 2 is 2.38 bits per heavy atom. The van der Waals surface area contributed by atoms with Gasteiger partial charge in [0.05, 0.1) is 0 Å². The maximum Gasteiger partial charge on any atom is 0.317 e. The fourth-order valence-corrected chi connectivity index (χ4v) is 2.40. The number of rotatable bonds is 5. The summed E-state index contributed by atoms with van der Waals surface area (Å²) in [6.07, 6.45) is 2.58. The number of nitrogens with one attached hydrogen (secondary N) is 2. The van der Waals surface area contributed by atoms with Gasteiger partial charge >= 0.3 is 6.03 Å². The van der Waals surface area contributed by atoms with Crippen LogP contribution in [0, 0.1) is 0 Å². The van der Waals surface area contributed by atoms with Crippen molar-refractivity contribution in [2.24, 2.45) is 0 Å². The zero-order valence-electron chi connectivity index (χ0n) is 10.0. The summed E-state index contributed by atoms with van der Waals surface area (Å²) in [5.74, 6) is 0. The number of amides is 2. The predicted octanol–water partition coefficient (Wildman–Crippen LogP) is -0.305. The van der Waals surface area contributed by atoms with E-state index in [0.717, 1.165) is 39.3 Å². The van der Waals surface area contributed by atoms with E-state index >= 15 is 0 Å². The molecule has 0 bridgehead atoms. The van der Waals surface area contributed by atoms with E-state index < -0.39 is 0 Å². The number of nitrogens with zero attached hydrogens (tertiary/aromatic N) is 2. The molecule has 0 aromatic rings. The molecule has 5 nitrogen and oxygen atoms in total. The molecule has 2 heterocycles. The molecule has 1 atom stereocenters. The number of likely N-dealkylation sites (N-methyl/N-ethyl adjacent to an activating group) is 1. The van der Waals surface area contributed by atoms with Gasteiger partial charge in [-0.2, -0.15) is 0 Å². The molecule has 2 fully saturated rings. The van der Waals surface area contributed by atoms with E-state index in [9.17, 15) is 4.79 Å². The van der Waals surface area contributed by atoms with Crippen LogP contribution in [-0.4, -0.2) is 68.2 Å². The monoisotopic (exact) mass is 226 g/mol. The summed E-state index contributed by atoms with van der Waals surface area (Å²) in [4.78, 5) is 15.5. The zero-order valence-corrected chi connectivity index (χ0v) is 10.0. The van der Waals surface area contributed by atoms with E-state index in [-0.39, 0.29) is 6.03 Å². The van der Waals surface area contributed by atoms with Gasteiger partial charge in [0, 0.05) is 38.8 Å². The second-order valence-electron chi connectivity index (χ2n) is 4.77. The van der Waals surface area contributed by atoms with E-state index in [1.54, 1.807) is 0 Å². The molecular weight excluding hydrogens is 204 g/mol. The smallest absolute Gasteiger partial charge is 0.317 e. The van der Waals surface area contributed by atoms with Gasteiger partial charge in [0.15, 0.2) is 0 Å². The number of carbonyl (C=O) groups excluding carboxylic acids is 1. The van der Waals surface area contributed by atoms with Crippen LogP contribution in [-0.2, 0) is 0 Å². The van der Waals surface area contributed by atoms with E-state index in [2.05, 4.69) is 22.6 Å². The van der Waals surface area contributed by atoms with Crippen LogP contribution in [0.2, 0.25) is 0 Å². The Hall–Kier alpha value is -0.810. The van der Waals surface area contributed by atoms with Crippen molar-refractivity contribution in [1.82, 2.24) is 20.4 Å². The van der Waals surface area contributed by atoms with Crippen molar-refractivity contribution in [2.75, 3.05) is 46.3 Å². The standard InChI is InChI=1S/C11H22N4O/c1-14(9-10-3-2-4-12-10)7-8-15-6-5-13-11(15)16/h10,12H,2-9H2,1H3,(H,13,16). The van der Waals surface area contributed by atoms with Crippen molar-refractivity contribution >= 4 is 6.03 Å². The number of carbonyl (C=O) groups is 1. The molecule has 5 heteroatoms. The second kappa shape index (κ2) is 5.50. The first-order valence-electron chi connectivity index (χ1n) is 6.20. The normalized spacial score (nSPS) is 25.5. The topological polar surface area (TPSA) is 47.6 Å². The Morgan fingerprint density at radius 1 is 1.50 bits per heavy atom. The lowest BCUT2D eigenvalue weighted by molar-refractivity contribution is 0.206. The van der Waals surface area contributed by atoms with Crippen LogP contribution in [0.1, 0.15) is 12.8 Å². The van der Waals surface area contributed by atoms with Crippen LogP contribution in [0.3, 0.4) is 0 Å². The molecular formula is C11H22N4O. The van der Waals surface area contributed by atoms with E-state index in [4.69, 9.17) is 0 Å². The van der Waals surface area contributed by atoms with Crippen LogP contribution in [0.25, 0.3) is 0 Å². The molecule has 0 radical (unpaired) electrons. The average molecular weight is 226 g/mol. The van der Waals surface area contributed by atoms with Crippen molar-refractivity contribution in [3.8, 4) is 0 Å². The fraction of sp³-hybridized carbons (Fsp3) is 0.909. The summed E-state index contributed by atoms with van der Waals surface area (Å²) in [7, 11) is 2.13. The first kappa shape index (κ1) is 11.7. The second-order valence-corrected chi connectivity index (χ2v) is 4.77. The van der Waals surface area contributed by atoms with Crippen molar-refractivity contribution in [1.29, 1.82) is 0 Å². The molecule has 0 aromatic carbocycles. The van der Waals surface area contributed by atoms with Crippen molar-refractivity contribution in [3.63, 3.8) is 0 Å². The molecule has 0 saturated carbocycles. The van der Waals surface area contributed by atoms with Crippen LogP contribution in [0.15, 0.2) is 0 Å². The lowest BCUT2D eigenvalue weighted by Gasteiger charge is -2.23. The Labute approximate surface area is 97.2 Å². The third-order valence-corrected chi connectivity index (χ3v) is 3.39. The number of hydrogen-bond donors (Lipinski definition) is 2. The Bertz CT molecular complexity index is 240. The summed E-state index contributed by atoms with van der Waals surface area (Å²) in [5.41, 5.74) is 0. The van der Waals surface area contributed by atoms with Gasteiger partial charge in [-0.05, 0) is 26.4 Å². The first-order valence-corrected chi connectivity index (χ1v) is 6.20. The van der Waals surface area contributed by atoms with Crippen molar-refractivity contribution in [2.45, 2.75) is 18.9 Å². The molecule has 2 saturated heterocycles. The van der Waals surface area contributed by atoms with Crippen molar-refractivity contribution < 1.29 is 4.79 Å². The average Bonchev–Trinajstić information content (AvgIpc) is 2.87. The third kappa shape index (κ3) is 3.09. The minimum absolute atomic E-state index is 0.0902.